The van der Waals surface area contributed by atoms with Crippen LogP contribution in [-0.2, 0) is 9.59 Å². The fourth-order valence-electron chi connectivity index (χ4n) is 5.86. The van der Waals surface area contributed by atoms with Crippen molar-refractivity contribution in [3.05, 3.63) is 21.7 Å². The average Bonchev–Trinajstić information content (AvgIpc) is 3.22. The van der Waals surface area contributed by atoms with E-state index < -0.39 is 11.5 Å². The molecule has 2 fully saturated rings. The first kappa shape index (κ1) is 28.0. The molecule has 1 aliphatic carbocycles. The molecular formula is C29H46N2O3S. The minimum atomic E-state index is -1.02. The van der Waals surface area contributed by atoms with E-state index in [4.69, 9.17) is 0 Å². The third-order valence-electron chi connectivity index (χ3n) is 9.31. The molecule has 0 spiro atoms. The molecular weight excluding hydrogens is 456 g/mol. The lowest BCUT2D eigenvalue weighted by molar-refractivity contribution is -0.141. The van der Waals surface area contributed by atoms with E-state index >= 15 is 0 Å². The lowest BCUT2D eigenvalue weighted by Gasteiger charge is -2.35. The van der Waals surface area contributed by atoms with Gasteiger partial charge in [0.05, 0.1) is 34.7 Å². The Labute approximate surface area is 216 Å². The van der Waals surface area contributed by atoms with Crippen LogP contribution in [0.2, 0.25) is 0 Å². The molecule has 1 aromatic heterocycles. The quantitative estimate of drug-likeness (QED) is 0.505. The van der Waals surface area contributed by atoms with Crippen molar-refractivity contribution in [1.82, 2.24) is 10.3 Å². The van der Waals surface area contributed by atoms with Crippen LogP contribution in [0.4, 0.5) is 0 Å². The number of hydrogen-bond donors (Lipinski definition) is 2. The lowest BCUT2D eigenvalue weighted by Crippen LogP contribution is -2.46. The maximum Gasteiger partial charge on any atom is 0.223 e. The number of Topliss-reactive ketones (excluding diaryl/α,β-unsaturated/α-hetero) is 1. The van der Waals surface area contributed by atoms with Crippen LogP contribution in [0.3, 0.4) is 0 Å². The number of thiazole rings is 1. The molecule has 3 rings (SSSR count). The normalized spacial score (nSPS) is 37.5. The van der Waals surface area contributed by atoms with Crippen molar-refractivity contribution < 1.29 is 14.7 Å². The van der Waals surface area contributed by atoms with Gasteiger partial charge in [-0.3, -0.25) is 9.59 Å². The van der Waals surface area contributed by atoms with Gasteiger partial charge in [0.15, 0.2) is 0 Å². The minimum absolute atomic E-state index is 0.0463. The van der Waals surface area contributed by atoms with Gasteiger partial charge in [0, 0.05) is 11.3 Å². The third-order valence-corrected chi connectivity index (χ3v) is 10.1. The minimum Gasteiger partial charge on any atom is -0.392 e. The molecule has 1 saturated carbocycles. The van der Waals surface area contributed by atoms with Gasteiger partial charge in [-0.05, 0) is 67.9 Å². The van der Waals surface area contributed by atoms with Gasteiger partial charge in [-0.15, -0.1) is 11.3 Å². The summed E-state index contributed by atoms with van der Waals surface area (Å²) in [5, 5.41) is 17.3. The second kappa shape index (κ2) is 10.8. The molecule has 7 atom stereocenters. The van der Waals surface area contributed by atoms with Crippen molar-refractivity contribution in [3.63, 3.8) is 0 Å². The highest BCUT2D eigenvalue weighted by atomic mass is 32.1. The molecule has 2 N–H and O–H groups in total. The first-order valence-electron chi connectivity index (χ1n) is 13.4. The molecule has 1 saturated heterocycles. The van der Waals surface area contributed by atoms with Gasteiger partial charge in [-0.25, -0.2) is 4.98 Å². The topological polar surface area (TPSA) is 79.3 Å². The second-order valence-corrected chi connectivity index (χ2v) is 13.5. The van der Waals surface area contributed by atoms with E-state index in [0.29, 0.717) is 17.3 Å². The summed E-state index contributed by atoms with van der Waals surface area (Å²) < 4.78 is 0. The number of aryl methyl sites for hydroxylation is 1. The maximum atomic E-state index is 13.4. The van der Waals surface area contributed by atoms with Crippen molar-refractivity contribution in [3.8, 4) is 0 Å². The number of ketones is 1. The van der Waals surface area contributed by atoms with E-state index in [0.717, 1.165) is 35.5 Å². The van der Waals surface area contributed by atoms with Crippen molar-refractivity contribution in [1.29, 1.82) is 0 Å². The largest absolute Gasteiger partial charge is 0.392 e. The van der Waals surface area contributed by atoms with Crippen molar-refractivity contribution in [2.24, 2.45) is 34.5 Å². The van der Waals surface area contributed by atoms with Crippen LogP contribution in [0.25, 0.3) is 6.08 Å². The van der Waals surface area contributed by atoms with Gasteiger partial charge < -0.3 is 10.4 Å². The average molecular weight is 503 g/mol. The van der Waals surface area contributed by atoms with Gasteiger partial charge >= 0.3 is 0 Å². The Kier molecular flexibility index (Phi) is 8.69. The molecule has 35 heavy (non-hydrogen) atoms. The molecule has 0 radical (unpaired) electrons. The summed E-state index contributed by atoms with van der Waals surface area (Å²) in [5.74, 6) is 0.952. The molecule has 1 amide bonds. The summed E-state index contributed by atoms with van der Waals surface area (Å²) in [6, 6.07) is -0.104. The molecule has 0 aromatic carbocycles. The number of fused-ring (bicyclic) bond motifs is 1. The predicted molar refractivity (Wildman–Crippen MR) is 144 cm³/mol. The number of aliphatic hydroxyl groups is 1. The highest BCUT2D eigenvalue weighted by Gasteiger charge is 2.50. The Hall–Kier alpha value is -1.53. The smallest absolute Gasteiger partial charge is 0.223 e. The molecule has 196 valence electrons. The van der Waals surface area contributed by atoms with Crippen LogP contribution in [0, 0.1) is 41.4 Å². The van der Waals surface area contributed by atoms with E-state index in [2.05, 4.69) is 44.1 Å². The number of aromatic nitrogens is 1. The number of nitrogens with zero attached hydrogens (tertiary/aromatic N) is 1. The summed E-state index contributed by atoms with van der Waals surface area (Å²) in [7, 11) is 0. The molecule has 6 heteroatoms. The molecule has 2 heterocycles. The fourth-order valence-corrected chi connectivity index (χ4v) is 6.43. The Bertz CT molecular complexity index is 951. The summed E-state index contributed by atoms with van der Waals surface area (Å²) >= 11 is 1.62. The van der Waals surface area contributed by atoms with Crippen molar-refractivity contribution in [2.75, 3.05) is 0 Å². The van der Waals surface area contributed by atoms with Gasteiger partial charge in [-0.1, -0.05) is 54.4 Å². The number of hydrogen-bond acceptors (Lipinski definition) is 5. The van der Waals surface area contributed by atoms with E-state index in [-0.39, 0.29) is 36.0 Å². The molecule has 1 aromatic rings. The maximum absolute atomic E-state index is 13.4. The zero-order chi connectivity index (χ0) is 26.1. The number of carbonyl (C=O) groups excluding carboxylic acids is 2. The number of amides is 1. The van der Waals surface area contributed by atoms with E-state index in [1.807, 2.05) is 19.2 Å². The van der Waals surface area contributed by atoms with Gasteiger partial charge in [0.2, 0.25) is 5.91 Å². The van der Waals surface area contributed by atoms with Crippen LogP contribution in [0.15, 0.2) is 11.0 Å². The standard InChI is InChI=1S/C29H46N2O3S/c1-17-10-9-11-29(8)15-22(29)13-24(18(2)12-23-16-35-21(5)30-23)31-26(33)14-25(32)28(6,7)27(34)20(4)19(17)3/h12,16-17,19-20,22,24-25,32H,9-11,13-15H2,1-8H3,(H,31,33)/b18-12+/t17-,19-,20+,22+,24-,25-,29-/m0/s1. The van der Waals surface area contributed by atoms with E-state index in [9.17, 15) is 14.7 Å². The van der Waals surface area contributed by atoms with Gasteiger partial charge in [0.25, 0.3) is 0 Å². The third kappa shape index (κ3) is 6.62. The van der Waals surface area contributed by atoms with Crippen LogP contribution in [-0.4, -0.2) is 33.9 Å². The SMILES string of the molecule is C/C(=C\c1csc(C)n1)[C@@H]1C[C@@H]2C[C@]2(C)CCC[C@H](C)[C@H](C)[C@@H](C)C(=O)C(C)(C)[C@@H](O)CC(=O)N1. The summed E-state index contributed by atoms with van der Waals surface area (Å²) in [4.78, 5) is 31.1. The second-order valence-electron chi connectivity index (χ2n) is 12.4. The summed E-state index contributed by atoms with van der Waals surface area (Å²) in [6.07, 6.45) is 6.53. The fraction of sp³-hybridized carbons (Fsp3) is 0.759. The summed E-state index contributed by atoms with van der Waals surface area (Å²) in [5.41, 5.74) is 1.35. The van der Waals surface area contributed by atoms with Crippen LogP contribution >= 0.6 is 11.3 Å². The highest BCUT2D eigenvalue weighted by Crippen LogP contribution is 2.58. The number of rotatable bonds is 2. The lowest BCUT2D eigenvalue weighted by atomic mass is 9.70. The summed E-state index contributed by atoms with van der Waals surface area (Å²) in [6.45, 7) is 16.4. The van der Waals surface area contributed by atoms with E-state index in [1.165, 1.54) is 12.8 Å². The van der Waals surface area contributed by atoms with Gasteiger partial charge in [-0.2, -0.15) is 0 Å². The first-order valence-corrected chi connectivity index (χ1v) is 14.2. The first-order chi connectivity index (χ1) is 16.2. The Morgan fingerprint density at radius 2 is 1.91 bits per heavy atom. The molecule has 1 aliphatic heterocycles. The van der Waals surface area contributed by atoms with Crippen LogP contribution in [0.5, 0.6) is 0 Å². The number of aliphatic hydroxyl groups excluding tert-OH is 1. The Morgan fingerprint density at radius 1 is 1.23 bits per heavy atom. The molecule has 0 unspecified atom stereocenters. The Morgan fingerprint density at radius 3 is 2.54 bits per heavy atom. The Balaban J connectivity index is 1.85. The molecule has 5 nitrogen and oxygen atoms in total. The number of carbonyl (C=O) groups is 2. The predicted octanol–water partition coefficient (Wildman–Crippen LogP) is 6.19. The number of nitrogens with one attached hydrogen (secondary N) is 1. The van der Waals surface area contributed by atoms with E-state index in [1.54, 1.807) is 25.2 Å². The van der Waals surface area contributed by atoms with Crippen molar-refractivity contribution in [2.45, 2.75) is 106 Å². The molecule has 0 bridgehead atoms. The monoisotopic (exact) mass is 502 g/mol. The highest BCUT2D eigenvalue weighted by molar-refractivity contribution is 7.09. The zero-order valence-corrected chi connectivity index (χ0v) is 23.8. The molecule has 2 aliphatic rings. The van der Waals surface area contributed by atoms with Crippen LogP contribution < -0.4 is 5.32 Å². The van der Waals surface area contributed by atoms with Crippen molar-refractivity contribution >= 4 is 29.1 Å². The zero-order valence-electron chi connectivity index (χ0n) is 23.0. The van der Waals surface area contributed by atoms with Gasteiger partial charge in [0.1, 0.15) is 5.78 Å². The van der Waals surface area contributed by atoms with Crippen LogP contribution in [0.1, 0.15) is 97.7 Å².